The van der Waals surface area contributed by atoms with Crippen LogP contribution in [0.2, 0.25) is 0 Å². The van der Waals surface area contributed by atoms with E-state index < -0.39 is 0 Å². The Bertz CT molecular complexity index is 956. The summed E-state index contributed by atoms with van der Waals surface area (Å²) < 4.78 is 1.91. The van der Waals surface area contributed by atoms with Crippen molar-refractivity contribution in [3.8, 4) is 16.9 Å². The predicted molar refractivity (Wildman–Crippen MR) is 111 cm³/mol. The molecule has 1 aliphatic rings. The van der Waals surface area contributed by atoms with Crippen molar-refractivity contribution in [1.82, 2.24) is 14.7 Å². The second-order valence-electron chi connectivity index (χ2n) is 7.37. The Morgan fingerprint density at radius 2 is 1.71 bits per heavy atom. The number of nitrogens with one attached hydrogen (secondary N) is 1. The molecule has 4 rings (SSSR count). The Morgan fingerprint density at radius 1 is 1.04 bits per heavy atom. The number of benzene rings is 2. The average Bonchev–Trinajstić information content (AvgIpc) is 3.19. The van der Waals surface area contributed by atoms with Gasteiger partial charge >= 0.3 is 0 Å². The zero-order valence-electron chi connectivity index (χ0n) is 16.6. The molecule has 0 unspecified atom stereocenters. The molecule has 5 heteroatoms. The molecule has 5 nitrogen and oxygen atoms in total. The first-order valence-corrected chi connectivity index (χ1v) is 10.0. The van der Waals surface area contributed by atoms with Crippen molar-refractivity contribution < 1.29 is 9.69 Å². The molecular formula is C23H27N4O+. The smallest absolute Gasteiger partial charge is 0.258 e. The van der Waals surface area contributed by atoms with E-state index in [1.54, 1.807) is 11.1 Å². The maximum Gasteiger partial charge on any atom is 0.258 e. The van der Waals surface area contributed by atoms with Crippen molar-refractivity contribution in [1.29, 1.82) is 0 Å². The lowest BCUT2D eigenvalue weighted by Crippen LogP contribution is -3.14. The minimum Gasteiger partial charge on any atom is -0.332 e. The van der Waals surface area contributed by atoms with Crippen molar-refractivity contribution in [2.45, 2.75) is 13.8 Å². The fraction of sp³-hybridized carbons (Fsp3) is 0.304. The Labute approximate surface area is 166 Å². The number of carbonyl (C=O) groups excluding carboxylic acids is 1. The third kappa shape index (κ3) is 3.45. The fourth-order valence-electron chi connectivity index (χ4n) is 3.91. The molecule has 0 saturated carbocycles. The number of piperazine rings is 1. The van der Waals surface area contributed by atoms with Gasteiger partial charge in [0.05, 0.1) is 55.9 Å². The van der Waals surface area contributed by atoms with E-state index in [1.165, 1.54) is 0 Å². The lowest BCUT2D eigenvalue weighted by Gasteiger charge is -2.31. The van der Waals surface area contributed by atoms with Crippen LogP contribution in [0.4, 0.5) is 0 Å². The van der Waals surface area contributed by atoms with Crippen LogP contribution >= 0.6 is 0 Å². The topological polar surface area (TPSA) is 42.6 Å². The maximum absolute atomic E-state index is 13.4. The highest BCUT2D eigenvalue weighted by Gasteiger charge is 2.28. The zero-order valence-corrected chi connectivity index (χ0v) is 16.6. The molecule has 3 aromatic rings. The summed E-state index contributed by atoms with van der Waals surface area (Å²) in [5, 5.41) is 4.63. The van der Waals surface area contributed by atoms with E-state index in [-0.39, 0.29) is 5.91 Å². The first-order chi connectivity index (χ1) is 13.7. The quantitative estimate of drug-likeness (QED) is 0.760. The summed E-state index contributed by atoms with van der Waals surface area (Å²) >= 11 is 0. The summed E-state index contributed by atoms with van der Waals surface area (Å²) in [6.45, 7) is 9.00. The predicted octanol–water partition coefficient (Wildman–Crippen LogP) is 2.21. The molecule has 0 spiro atoms. The number of aromatic nitrogens is 2. The molecule has 0 bridgehead atoms. The molecule has 1 fully saturated rings. The van der Waals surface area contributed by atoms with Crippen LogP contribution in [0.5, 0.6) is 0 Å². The number of hydrogen-bond donors (Lipinski definition) is 1. The number of para-hydroxylation sites is 1. The largest absolute Gasteiger partial charge is 0.332 e. The van der Waals surface area contributed by atoms with Gasteiger partial charge in [-0.1, -0.05) is 48.5 Å². The molecule has 1 aliphatic heterocycles. The Morgan fingerprint density at radius 3 is 2.39 bits per heavy atom. The summed E-state index contributed by atoms with van der Waals surface area (Å²) in [6.07, 6.45) is 1.73. The summed E-state index contributed by atoms with van der Waals surface area (Å²) in [5.74, 6) is 0.0776. The highest BCUT2D eigenvalue weighted by molar-refractivity contribution is 6.00. The van der Waals surface area contributed by atoms with Gasteiger partial charge in [-0.15, -0.1) is 0 Å². The molecule has 28 heavy (non-hydrogen) atoms. The van der Waals surface area contributed by atoms with Gasteiger partial charge in [0.1, 0.15) is 0 Å². The molecule has 2 heterocycles. The first-order valence-electron chi connectivity index (χ1n) is 10.0. The third-order valence-electron chi connectivity index (χ3n) is 5.65. The van der Waals surface area contributed by atoms with Crippen LogP contribution in [0.1, 0.15) is 22.8 Å². The van der Waals surface area contributed by atoms with Crippen molar-refractivity contribution in [3.05, 3.63) is 71.9 Å². The number of carbonyl (C=O) groups is 1. The minimum atomic E-state index is 0.0776. The lowest BCUT2D eigenvalue weighted by atomic mass is 10.1. The number of amides is 1. The van der Waals surface area contributed by atoms with E-state index in [9.17, 15) is 4.79 Å². The van der Waals surface area contributed by atoms with Gasteiger partial charge in [0.2, 0.25) is 0 Å². The summed E-state index contributed by atoms with van der Waals surface area (Å²) in [7, 11) is 0. The van der Waals surface area contributed by atoms with E-state index >= 15 is 0 Å². The molecule has 2 aromatic carbocycles. The Hall–Kier alpha value is -2.92. The maximum atomic E-state index is 13.4. The lowest BCUT2D eigenvalue weighted by molar-refractivity contribution is -0.902. The normalized spacial score (nSPS) is 15.0. The van der Waals surface area contributed by atoms with Crippen molar-refractivity contribution >= 4 is 5.91 Å². The van der Waals surface area contributed by atoms with Crippen LogP contribution in [0.3, 0.4) is 0 Å². The van der Waals surface area contributed by atoms with E-state index in [2.05, 4.69) is 25.0 Å². The second-order valence-corrected chi connectivity index (χ2v) is 7.37. The number of quaternary nitrogens is 1. The second kappa shape index (κ2) is 7.98. The number of nitrogens with zero attached hydrogens (tertiary/aromatic N) is 3. The van der Waals surface area contributed by atoms with Gasteiger partial charge in [-0.05, 0) is 25.5 Å². The van der Waals surface area contributed by atoms with Crippen LogP contribution in [0.25, 0.3) is 16.9 Å². The summed E-state index contributed by atoms with van der Waals surface area (Å²) in [5.41, 5.74) is 4.67. The highest BCUT2D eigenvalue weighted by atomic mass is 16.2. The van der Waals surface area contributed by atoms with Gasteiger partial charge in [0, 0.05) is 5.56 Å². The van der Waals surface area contributed by atoms with E-state index in [1.807, 2.05) is 58.1 Å². The summed E-state index contributed by atoms with van der Waals surface area (Å²) in [6, 6.07) is 18.2. The first kappa shape index (κ1) is 18.4. The van der Waals surface area contributed by atoms with Gasteiger partial charge < -0.3 is 9.80 Å². The van der Waals surface area contributed by atoms with Gasteiger partial charge in [0.25, 0.3) is 5.91 Å². The fourth-order valence-corrected chi connectivity index (χ4v) is 3.91. The molecule has 0 atom stereocenters. The van der Waals surface area contributed by atoms with Gasteiger partial charge in [-0.25, -0.2) is 4.68 Å². The number of hydrogen-bond acceptors (Lipinski definition) is 2. The Kier molecular flexibility index (Phi) is 5.26. The minimum absolute atomic E-state index is 0.0776. The zero-order chi connectivity index (χ0) is 19.5. The molecule has 144 valence electrons. The van der Waals surface area contributed by atoms with Crippen LogP contribution < -0.4 is 4.90 Å². The molecule has 1 saturated heterocycles. The van der Waals surface area contributed by atoms with Gasteiger partial charge in [-0.3, -0.25) is 4.79 Å². The number of likely N-dealkylation sites (N-methyl/N-ethyl adjacent to an activating group) is 1. The van der Waals surface area contributed by atoms with Crippen molar-refractivity contribution in [2.75, 3.05) is 32.7 Å². The monoisotopic (exact) mass is 375 g/mol. The standard InChI is InChI=1S/C23H26N4O/c1-3-25-13-15-26(16-14-25)23(28)20-17-24-27(21-12-8-7-9-18(21)2)22(20)19-10-5-4-6-11-19/h4-12,17H,3,13-16H2,1-2H3/p+1. The number of rotatable bonds is 4. The van der Waals surface area contributed by atoms with Crippen LogP contribution in [-0.4, -0.2) is 53.3 Å². The molecule has 1 N–H and O–H groups in total. The Balaban J connectivity index is 1.76. The van der Waals surface area contributed by atoms with E-state index in [4.69, 9.17) is 0 Å². The van der Waals surface area contributed by atoms with E-state index in [0.717, 1.165) is 55.2 Å². The van der Waals surface area contributed by atoms with Crippen LogP contribution in [-0.2, 0) is 0 Å². The number of aryl methyl sites for hydroxylation is 1. The average molecular weight is 375 g/mol. The molecular weight excluding hydrogens is 348 g/mol. The van der Waals surface area contributed by atoms with Crippen molar-refractivity contribution in [3.63, 3.8) is 0 Å². The highest BCUT2D eigenvalue weighted by Crippen LogP contribution is 2.28. The van der Waals surface area contributed by atoms with E-state index in [0.29, 0.717) is 5.56 Å². The third-order valence-corrected chi connectivity index (χ3v) is 5.65. The van der Waals surface area contributed by atoms with Gasteiger partial charge in [-0.2, -0.15) is 5.10 Å². The molecule has 0 aliphatic carbocycles. The molecule has 1 aromatic heterocycles. The van der Waals surface area contributed by atoms with Crippen molar-refractivity contribution in [2.24, 2.45) is 0 Å². The molecule has 1 amide bonds. The summed E-state index contributed by atoms with van der Waals surface area (Å²) in [4.78, 5) is 16.9. The van der Waals surface area contributed by atoms with Crippen LogP contribution in [0.15, 0.2) is 60.8 Å². The van der Waals surface area contributed by atoms with Gasteiger partial charge in [0.15, 0.2) is 0 Å². The van der Waals surface area contributed by atoms with Crippen LogP contribution in [0, 0.1) is 6.92 Å². The SMILES string of the molecule is CC[NH+]1CCN(C(=O)c2cnn(-c3ccccc3C)c2-c2ccccc2)CC1. The molecule has 0 radical (unpaired) electrons.